The summed E-state index contributed by atoms with van der Waals surface area (Å²) in [7, 11) is 3.88. The van der Waals surface area contributed by atoms with Crippen LogP contribution in [0.2, 0.25) is 5.02 Å². The van der Waals surface area contributed by atoms with Gasteiger partial charge in [-0.05, 0) is 23.8 Å². The molecule has 20 heavy (non-hydrogen) atoms. The van der Waals surface area contributed by atoms with Gasteiger partial charge in [0.15, 0.2) is 0 Å². The van der Waals surface area contributed by atoms with E-state index in [-0.39, 0.29) is 0 Å². The Morgan fingerprint density at radius 3 is 3.05 bits per heavy atom. The molecule has 0 aromatic heterocycles. The number of rotatable bonds is 7. The summed E-state index contributed by atoms with van der Waals surface area (Å²) in [6.45, 7) is 2.40. The number of hydrogen-bond donors (Lipinski definition) is 1. The molecule has 1 N–H and O–H groups in total. The molecular formula is C15H23ClN2OS. The molecule has 1 saturated heterocycles. The molecule has 1 aliphatic rings. The third-order valence-electron chi connectivity index (χ3n) is 3.67. The first-order chi connectivity index (χ1) is 9.74. The molecule has 0 saturated carbocycles. The lowest BCUT2D eigenvalue weighted by atomic mass is 10.1. The summed E-state index contributed by atoms with van der Waals surface area (Å²) >= 11 is 8.47. The van der Waals surface area contributed by atoms with E-state index in [1.54, 1.807) is 7.11 Å². The van der Waals surface area contributed by atoms with E-state index < -0.39 is 0 Å². The molecule has 0 spiro atoms. The van der Waals surface area contributed by atoms with Crippen LogP contribution in [0.5, 0.6) is 0 Å². The smallest absolute Gasteiger partial charge is 0.0642 e. The average Bonchev–Trinajstić information content (AvgIpc) is 2.97. The van der Waals surface area contributed by atoms with Gasteiger partial charge < -0.3 is 15.0 Å². The Kier molecular flexibility index (Phi) is 6.49. The lowest BCUT2D eigenvalue weighted by Gasteiger charge is -2.29. The van der Waals surface area contributed by atoms with Gasteiger partial charge in [-0.25, -0.2) is 0 Å². The number of nitrogens with zero attached hydrogens (tertiary/aromatic N) is 1. The quantitative estimate of drug-likeness (QED) is 0.782. The van der Waals surface area contributed by atoms with Gasteiger partial charge in [-0.3, -0.25) is 0 Å². The van der Waals surface area contributed by atoms with Crippen molar-refractivity contribution in [3.63, 3.8) is 0 Å². The standard InChI is InChI=1S/C15H23ClN2OS/c1-18(13-6-9-20-11-13)15-12(4-3-5-14(15)16)10-17-7-8-19-2/h3-5,13,17H,6-11H2,1-2H3. The molecule has 2 rings (SSSR count). The fourth-order valence-electron chi connectivity index (χ4n) is 2.51. The lowest BCUT2D eigenvalue weighted by Crippen LogP contribution is -2.33. The van der Waals surface area contributed by atoms with Gasteiger partial charge in [-0.2, -0.15) is 11.8 Å². The molecule has 5 heteroatoms. The van der Waals surface area contributed by atoms with Gasteiger partial charge in [-0.15, -0.1) is 0 Å². The van der Waals surface area contributed by atoms with Crippen molar-refractivity contribution >= 4 is 29.1 Å². The monoisotopic (exact) mass is 314 g/mol. The van der Waals surface area contributed by atoms with E-state index in [1.165, 1.54) is 29.2 Å². The Hall–Kier alpha value is -0.420. The Morgan fingerprint density at radius 2 is 2.35 bits per heavy atom. The van der Waals surface area contributed by atoms with Crippen molar-refractivity contribution in [1.29, 1.82) is 0 Å². The molecule has 0 aliphatic carbocycles. The van der Waals surface area contributed by atoms with Gasteiger partial charge in [0.25, 0.3) is 0 Å². The summed E-state index contributed by atoms with van der Waals surface area (Å²) in [4.78, 5) is 2.36. The Morgan fingerprint density at radius 1 is 1.50 bits per heavy atom. The van der Waals surface area contributed by atoms with Crippen LogP contribution in [0.25, 0.3) is 0 Å². The van der Waals surface area contributed by atoms with Gasteiger partial charge in [0.1, 0.15) is 0 Å². The fraction of sp³-hybridized carbons (Fsp3) is 0.600. The van der Waals surface area contributed by atoms with Crippen LogP contribution in [0.3, 0.4) is 0 Å². The molecule has 1 unspecified atom stereocenters. The van der Waals surface area contributed by atoms with E-state index in [9.17, 15) is 0 Å². The minimum Gasteiger partial charge on any atom is -0.383 e. The van der Waals surface area contributed by atoms with Gasteiger partial charge in [0, 0.05) is 39.0 Å². The van der Waals surface area contributed by atoms with Gasteiger partial charge in [0.2, 0.25) is 0 Å². The SMILES string of the molecule is COCCNCc1cccc(Cl)c1N(C)C1CCSC1. The molecule has 1 fully saturated rings. The Labute approximate surface area is 131 Å². The summed E-state index contributed by atoms with van der Waals surface area (Å²) in [5, 5.41) is 4.24. The first kappa shape index (κ1) is 16.0. The predicted octanol–water partition coefficient (Wildman–Crippen LogP) is 3.02. The molecule has 0 bridgehead atoms. The number of hydrogen-bond acceptors (Lipinski definition) is 4. The normalized spacial score (nSPS) is 18.4. The maximum atomic E-state index is 6.44. The number of halogens is 1. The fourth-order valence-corrected chi connectivity index (χ4v) is 4.10. The average molecular weight is 315 g/mol. The summed E-state index contributed by atoms with van der Waals surface area (Å²) in [5.74, 6) is 2.44. The van der Waals surface area contributed by atoms with Gasteiger partial charge in [0.05, 0.1) is 17.3 Å². The molecule has 1 aliphatic heterocycles. The molecule has 3 nitrogen and oxygen atoms in total. The van der Waals surface area contributed by atoms with Crippen LogP contribution >= 0.6 is 23.4 Å². The molecule has 0 amide bonds. The van der Waals surface area contributed by atoms with Crippen molar-refractivity contribution in [3.8, 4) is 0 Å². The van der Waals surface area contributed by atoms with Gasteiger partial charge >= 0.3 is 0 Å². The Balaban J connectivity index is 2.08. The minimum atomic E-state index is 0.595. The summed E-state index contributed by atoms with van der Waals surface area (Å²) in [6, 6.07) is 6.75. The summed E-state index contributed by atoms with van der Waals surface area (Å²) < 4.78 is 5.06. The lowest BCUT2D eigenvalue weighted by molar-refractivity contribution is 0.199. The molecule has 1 aromatic carbocycles. The van der Waals surface area contributed by atoms with Crippen molar-refractivity contribution in [2.75, 3.05) is 43.7 Å². The molecule has 0 radical (unpaired) electrons. The molecular weight excluding hydrogens is 292 g/mol. The minimum absolute atomic E-state index is 0.595. The number of thioether (sulfide) groups is 1. The zero-order valence-corrected chi connectivity index (χ0v) is 13.8. The van der Waals surface area contributed by atoms with Crippen LogP contribution in [-0.4, -0.2) is 44.9 Å². The van der Waals surface area contributed by atoms with Crippen molar-refractivity contribution in [2.45, 2.75) is 19.0 Å². The Bertz CT molecular complexity index is 424. The van der Waals surface area contributed by atoms with Crippen LogP contribution in [0.1, 0.15) is 12.0 Å². The van der Waals surface area contributed by atoms with Crippen LogP contribution < -0.4 is 10.2 Å². The number of anilines is 1. The van der Waals surface area contributed by atoms with Crippen LogP contribution in [0.15, 0.2) is 18.2 Å². The zero-order valence-electron chi connectivity index (χ0n) is 12.2. The van der Waals surface area contributed by atoms with E-state index in [0.717, 1.165) is 24.7 Å². The molecule has 112 valence electrons. The van der Waals surface area contributed by atoms with E-state index in [0.29, 0.717) is 6.04 Å². The van der Waals surface area contributed by atoms with Crippen molar-refractivity contribution in [1.82, 2.24) is 5.32 Å². The van der Waals surface area contributed by atoms with E-state index in [4.69, 9.17) is 16.3 Å². The van der Waals surface area contributed by atoms with Crippen molar-refractivity contribution in [3.05, 3.63) is 28.8 Å². The second-order valence-corrected chi connectivity index (χ2v) is 6.60. The van der Waals surface area contributed by atoms with Crippen LogP contribution in [0.4, 0.5) is 5.69 Å². The third-order valence-corrected chi connectivity index (χ3v) is 5.12. The highest BCUT2D eigenvalue weighted by atomic mass is 35.5. The third kappa shape index (κ3) is 4.04. The highest BCUT2D eigenvalue weighted by Gasteiger charge is 2.23. The topological polar surface area (TPSA) is 24.5 Å². The number of methoxy groups -OCH3 is 1. The highest BCUT2D eigenvalue weighted by molar-refractivity contribution is 7.99. The number of nitrogens with one attached hydrogen (secondary N) is 1. The van der Waals surface area contributed by atoms with Crippen LogP contribution in [0, 0.1) is 0 Å². The predicted molar refractivity (Wildman–Crippen MR) is 89.2 cm³/mol. The second-order valence-electron chi connectivity index (χ2n) is 5.05. The zero-order chi connectivity index (χ0) is 14.4. The summed E-state index contributed by atoms with van der Waals surface area (Å²) in [5.41, 5.74) is 2.43. The first-order valence-electron chi connectivity index (χ1n) is 7.01. The van der Waals surface area contributed by atoms with E-state index in [1.807, 2.05) is 23.9 Å². The second kappa shape index (κ2) is 8.13. The number of benzene rings is 1. The maximum Gasteiger partial charge on any atom is 0.0642 e. The summed E-state index contributed by atoms with van der Waals surface area (Å²) in [6.07, 6.45) is 1.24. The van der Waals surface area contributed by atoms with Crippen molar-refractivity contribution < 1.29 is 4.74 Å². The highest BCUT2D eigenvalue weighted by Crippen LogP contribution is 2.33. The van der Waals surface area contributed by atoms with E-state index in [2.05, 4.69) is 23.3 Å². The molecule has 1 heterocycles. The van der Waals surface area contributed by atoms with Crippen LogP contribution in [-0.2, 0) is 11.3 Å². The molecule has 1 aromatic rings. The number of para-hydroxylation sites is 1. The maximum absolute atomic E-state index is 6.44. The first-order valence-corrected chi connectivity index (χ1v) is 8.55. The molecule has 1 atom stereocenters. The van der Waals surface area contributed by atoms with Crippen molar-refractivity contribution in [2.24, 2.45) is 0 Å². The van der Waals surface area contributed by atoms with Gasteiger partial charge in [-0.1, -0.05) is 23.7 Å². The number of ether oxygens (including phenoxy) is 1. The largest absolute Gasteiger partial charge is 0.383 e. The van der Waals surface area contributed by atoms with E-state index >= 15 is 0 Å².